The van der Waals surface area contributed by atoms with E-state index < -0.39 is 0 Å². The lowest BCUT2D eigenvalue weighted by atomic mass is 10.1. The Bertz CT molecular complexity index is 584. The zero-order valence-corrected chi connectivity index (χ0v) is 13.2. The largest absolute Gasteiger partial charge is 0.376 e. The number of ether oxygens (including phenoxy) is 1. The minimum Gasteiger partial charge on any atom is -0.376 e. The van der Waals surface area contributed by atoms with E-state index in [1.807, 2.05) is 26.8 Å². The van der Waals surface area contributed by atoms with E-state index in [0.29, 0.717) is 6.54 Å². The minimum atomic E-state index is -0.298. The van der Waals surface area contributed by atoms with E-state index in [-0.39, 0.29) is 29.2 Å². The Hall–Kier alpha value is -1.62. The number of pyridine rings is 1. The second kappa shape index (κ2) is 6.43. The van der Waals surface area contributed by atoms with Crippen LogP contribution in [0, 0.1) is 13.8 Å². The summed E-state index contributed by atoms with van der Waals surface area (Å²) in [5, 5.41) is 2.80. The fraction of sp³-hybridized carbons (Fsp3) is 0.625. The highest BCUT2D eigenvalue weighted by Crippen LogP contribution is 2.15. The van der Waals surface area contributed by atoms with Crippen LogP contribution in [0.4, 0.5) is 0 Å². The van der Waals surface area contributed by atoms with Gasteiger partial charge in [-0.15, -0.1) is 0 Å². The predicted octanol–water partition coefficient (Wildman–Crippen LogP) is 1.78. The van der Waals surface area contributed by atoms with Crippen LogP contribution >= 0.6 is 0 Å². The Morgan fingerprint density at radius 3 is 2.76 bits per heavy atom. The summed E-state index contributed by atoms with van der Waals surface area (Å²) in [7, 11) is 0. The van der Waals surface area contributed by atoms with Crippen LogP contribution in [0.5, 0.6) is 0 Å². The number of carbonyl (C=O) groups is 1. The Morgan fingerprint density at radius 2 is 2.19 bits per heavy atom. The van der Waals surface area contributed by atoms with Crippen molar-refractivity contribution >= 4 is 5.91 Å². The SMILES string of the molecule is Cc1cc(C)n(C[C@@H]2CCCO2)c(=O)c1C(=O)NC(C)C. The first-order valence-electron chi connectivity index (χ1n) is 7.53. The summed E-state index contributed by atoms with van der Waals surface area (Å²) in [5.41, 5.74) is 1.61. The van der Waals surface area contributed by atoms with Crippen LogP contribution in [-0.2, 0) is 11.3 Å². The van der Waals surface area contributed by atoms with Crippen LogP contribution in [0.1, 0.15) is 48.3 Å². The zero-order chi connectivity index (χ0) is 15.6. The van der Waals surface area contributed by atoms with Gasteiger partial charge >= 0.3 is 0 Å². The van der Waals surface area contributed by atoms with Gasteiger partial charge in [-0.25, -0.2) is 0 Å². The molecule has 21 heavy (non-hydrogen) atoms. The van der Waals surface area contributed by atoms with Crippen molar-refractivity contribution in [2.75, 3.05) is 6.61 Å². The molecule has 0 aromatic carbocycles. The molecule has 1 saturated heterocycles. The van der Waals surface area contributed by atoms with Gasteiger partial charge in [0.2, 0.25) is 0 Å². The first-order valence-corrected chi connectivity index (χ1v) is 7.53. The number of hydrogen-bond acceptors (Lipinski definition) is 3. The smallest absolute Gasteiger partial charge is 0.263 e. The molecule has 1 aromatic rings. The number of aromatic nitrogens is 1. The second-order valence-electron chi connectivity index (χ2n) is 6.02. The average Bonchev–Trinajstić information content (AvgIpc) is 2.86. The van der Waals surface area contributed by atoms with Gasteiger partial charge in [-0.05, 0) is 52.2 Å². The lowest BCUT2D eigenvalue weighted by molar-refractivity contribution is 0.0921. The first-order chi connectivity index (χ1) is 9.90. The van der Waals surface area contributed by atoms with Crippen molar-refractivity contribution < 1.29 is 9.53 Å². The monoisotopic (exact) mass is 292 g/mol. The van der Waals surface area contributed by atoms with Crippen LogP contribution in [-0.4, -0.2) is 29.2 Å². The summed E-state index contributed by atoms with van der Waals surface area (Å²) in [6.45, 7) is 8.74. The van der Waals surface area contributed by atoms with E-state index in [1.54, 1.807) is 11.5 Å². The molecule has 1 atom stereocenters. The lowest BCUT2D eigenvalue weighted by Crippen LogP contribution is -2.39. The van der Waals surface area contributed by atoms with Crippen molar-refractivity contribution in [2.24, 2.45) is 0 Å². The van der Waals surface area contributed by atoms with E-state index in [0.717, 1.165) is 30.7 Å². The van der Waals surface area contributed by atoms with Crippen molar-refractivity contribution in [2.45, 2.75) is 59.2 Å². The minimum absolute atomic E-state index is 0.00391. The van der Waals surface area contributed by atoms with Gasteiger partial charge < -0.3 is 14.6 Å². The van der Waals surface area contributed by atoms with Crippen LogP contribution in [0.25, 0.3) is 0 Å². The highest BCUT2D eigenvalue weighted by Gasteiger charge is 2.22. The average molecular weight is 292 g/mol. The van der Waals surface area contributed by atoms with Crippen LogP contribution in [0.15, 0.2) is 10.9 Å². The Kier molecular flexibility index (Phi) is 4.83. The summed E-state index contributed by atoms with van der Waals surface area (Å²) < 4.78 is 7.27. The third-order valence-corrected chi connectivity index (χ3v) is 3.76. The zero-order valence-electron chi connectivity index (χ0n) is 13.2. The Morgan fingerprint density at radius 1 is 1.48 bits per heavy atom. The Labute approximate surface area is 125 Å². The maximum atomic E-state index is 12.7. The number of carbonyl (C=O) groups excluding carboxylic acids is 1. The topological polar surface area (TPSA) is 60.3 Å². The number of rotatable bonds is 4. The molecule has 2 heterocycles. The fourth-order valence-electron chi connectivity index (χ4n) is 2.76. The van der Waals surface area contributed by atoms with E-state index >= 15 is 0 Å². The summed E-state index contributed by atoms with van der Waals surface area (Å²) in [4.78, 5) is 24.9. The molecule has 1 aliphatic heterocycles. The van der Waals surface area contributed by atoms with Gasteiger partial charge in [0.25, 0.3) is 11.5 Å². The van der Waals surface area contributed by atoms with E-state index in [2.05, 4.69) is 5.32 Å². The molecule has 5 heteroatoms. The molecule has 0 bridgehead atoms. The number of nitrogens with zero attached hydrogens (tertiary/aromatic N) is 1. The number of aryl methyl sites for hydroxylation is 2. The molecule has 5 nitrogen and oxygen atoms in total. The summed E-state index contributed by atoms with van der Waals surface area (Å²) in [6.07, 6.45) is 2.07. The van der Waals surface area contributed by atoms with Crippen LogP contribution in [0.3, 0.4) is 0 Å². The van der Waals surface area contributed by atoms with Gasteiger partial charge in [-0.1, -0.05) is 0 Å². The quantitative estimate of drug-likeness (QED) is 0.920. The van der Waals surface area contributed by atoms with E-state index in [1.165, 1.54) is 0 Å². The summed E-state index contributed by atoms with van der Waals surface area (Å²) in [5.74, 6) is -0.298. The molecule has 0 radical (unpaired) electrons. The highest BCUT2D eigenvalue weighted by atomic mass is 16.5. The maximum Gasteiger partial charge on any atom is 0.263 e. The number of amides is 1. The van der Waals surface area contributed by atoms with Crippen molar-refractivity contribution in [1.29, 1.82) is 0 Å². The lowest BCUT2D eigenvalue weighted by Gasteiger charge is -2.18. The van der Waals surface area contributed by atoms with Gasteiger partial charge in [0.05, 0.1) is 12.6 Å². The molecular weight excluding hydrogens is 268 g/mol. The Balaban J connectivity index is 2.37. The van der Waals surface area contributed by atoms with Gasteiger partial charge in [0.1, 0.15) is 5.56 Å². The van der Waals surface area contributed by atoms with Gasteiger partial charge in [-0.2, -0.15) is 0 Å². The molecular formula is C16H24N2O3. The second-order valence-corrected chi connectivity index (χ2v) is 6.02. The molecule has 1 amide bonds. The van der Waals surface area contributed by atoms with Crippen molar-refractivity contribution in [3.63, 3.8) is 0 Å². The van der Waals surface area contributed by atoms with Gasteiger partial charge in [-0.3, -0.25) is 9.59 Å². The highest BCUT2D eigenvalue weighted by molar-refractivity contribution is 5.95. The fourth-order valence-corrected chi connectivity index (χ4v) is 2.76. The molecule has 1 aliphatic rings. The third-order valence-electron chi connectivity index (χ3n) is 3.76. The van der Waals surface area contributed by atoms with Gasteiger partial charge in [0, 0.05) is 18.3 Å². The molecule has 1 aromatic heterocycles. The predicted molar refractivity (Wildman–Crippen MR) is 81.8 cm³/mol. The molecule has 0 unspecified atom stereocenters. The number of hydrogen-bond donors (Lipinski definition) is 1. The molecule has 0 aliphatic carbocycles. The third kappa shape index (κ3) is 3.53. The maximum absolute atomic E-state index is 12.7. The first kappa shape index (κ1) is 15.8. The van der Waals surface area contributed by atoms with Crippen LogP contribution in [0.2, 0.25) is 0 Å². The van der Waals surface area contributed by atoms with Crippen molar-refractivity contribution in [3.8, 4) is 0 Å². The van der Waals surface area contributed by atoms with Gasteiger partial charge in [0.15, 0.2) is 0 Å². The molecule has 0 spiro atoms. The van der Waals surface area contributed by atoms with Crippen LogP contribution < -0.4 is 10.9 Å². The standard InChI is InChI=1S/C16H24N2O3/c1-10(2)17-15(19)14-11(3)8-12(4)18(16(14)20)9-13-6-5-7-21-13/h8,10,13H,5-7,9H2,1-4H3,(H,17,19)/t13-/m0/s1. The van der Waals surface area contributed by atoms with Crippen molar-refractivity contribution in [1.82, 2.24) is 9.88 Å². The summed E-state index contributed by atoms with van der Waals surface area (Å²) >= 11 is 0. The van der Waals surface area contributed by atoms with E-state index in [9.17, 15) is 9.59 Å². The van der Waals surface area contributed by atoms with Crippen molar-refractivity contribution in [3.05, 3.63) is 33.2 Å². The number of nitrogens with one attached hydrogen (secondary N) is 1. The summed E-state index contributed by atoms with van der Waals surface area (Å²) in [6, 6.07) is 1.90. The van der Waals surface area contributed by atoms with E-state index in [4.69, 9.17) is 4.74 Å². The molecule has 1 N–H and O–H groups in total. The molecule has 2 rings (SSSR count). The molecule has 0 saturated carbocycles. The normalized spacial score (nSPS) is 18.2. The molecule has 116 valence electrons. The molecule has 1 fully saturated rings.